The normalized spacial score (nSPS) is 22.7. The standard InChI is InChI=1S/C18H26ClN3O.2ClH/c19-16-5-1-2-6-17(16)22-11-3-4-15(13-22)21-18(23)8-7-14-9-10-20-12-14;;/h1-2,5-6,14-15,20H,3-4,7-13H2,(H,21,23);2*1H. The number of nitrogens with one attached hydrogen (secondary N) is 2. The molecule has 3 rings (SSSR count). The number of nitrogens with zero attached hydrogens (tertiary/aromatic N) is 1. The van der Waals surface area contributed by atoms with Crippen LogP contribution >= 0.6 is 36.4 Å². The molecular weight excluding hydrogens is 381 g/mol. The minimum Gasteiger partial charge on any atom is -0.368 e. The van der Waals surface area contributed by atoms with Crippen LogP contribution < -0.4 is 15.5 Å². The van der Waals surface area contributed by atoms with Gasteiger partial charge in [0.05, 0.1) is 10.7 Å². The lowest BCUT2D eigenvalue weighted by Gasteiger charge is -2.35. The Labute approximate surface area is 167 Å². The number of carbonyl (C=O) groups is 1. The third-order valence-corrected chi connectivity index (χ3v) is 5.24. The van der Waals surface area contributed by atoms with Gasteiger partial charge in [-0.15, -0.1) is 24.8 Å². The van der Waals surface area contributed by atoms with E-state index in [2.05, 4.69) is 21.6 Å². The third-order valence-electron chi connectivity index (χ3n) is 4.92. The van der Waals surface area contributed by atoms with Gasteiger partial charge in [0, 0.05) is 25.6 Å². The lowest BCUT2D eigenvalue weighted by Crippen LogP contribution is -2.48. The SMILES string of the molecule is Cl.Cl.O=C(CCC1CCNC1)NC1CCCN(c2ccccc2Cl)C1. The first kappa shape index (κ1) is 22.4. The minimum absolute atomic E-state index is 0. The summed E-state index contributed by atoms with van der Waals surface area (Å²) in [5.74, 6) is 0.870. The van der Waals surface area contributed by atoms with Crippen LogP contribution in [-0.2, 0) is 4.79 Å². The van der Waals surface area contributed by atoms with Gasteiger partial charge in [0.1, 0.15) is 0 Å². The molecule has 2 saturated heterocycles. The van der Waals surface area contributed by atoms with Gasteiger partial charge in [0.25, 0.3) is 0 Å². The molecule has 1 aromatic rings. The average Bonchev–Trinajstić information content (AvgIpc) is 3.07. The van der Waals surface area contributed by atoms with Gasteiger partial charge < -0.3 is 15.5 Å². The van der Waals surface area contributed by atoms with Crippen molar-refractivity contribution in [1.82, 2.24) is 10.6 Å². The van der Waals surface area contributed by atoms with Crippen LogP contribution in [0.2, 0.25) is 5.02 Å². The van der Waals surface area contributed by atoms with Crippen LogP contribution in [0.3, 0.4) is 0 Å². The largest absolute Gasteiger partial charge is 0.368 e. The zero-order valence-electron chi connectivity index (χ0n) is 14.4. The zero-order valence-corrected chi connectivity index (χ0v) is 16.8. The number of benzene rings is 1. The van der Waals surface area contributed by atoms with Crippen LogP contribution in [0.1, 0.15) is 32.1 Å². The fourth-order valence-corrected chi connectivity index (χ4v) is 3.87. The molecule has 2 heterocycles. The van der Waals surface area contributed by atoms with Crippen molar-refractivity contribution in [3.05, 3.63) is 29.3 Å². The van der Waals surface area contributed by atoms with Crippen molar-refractivity contribution in [2.24, 2.45) is 5.92 Å². The summed E-state index contributed by atoms with van der Waals surface area (Å²) in [5, 5.41) is 7.36. The zero-order chi connectivity index (χ0) is 16.1. The van der Waals surface area contributed by atoms with Gasteiger partial charge in [-0.05, 0) is 56.8 Å². The molecule has 7 heteroatoms. The van der Waals surface area contributed by atoms with E-state index in [1.807, 2.05) is 18.2 Å². The first-order valence-electron chi connectivity index (χ1n) is 8.72. The van der Waals surface area contributed by atoms with E-state index in [1.165, 1.54) is 6.42 Å². The second-order valence-electron chi connectivity index (χ2n) is 6.70. The Kier molecular flexibility index (Phi) is 9.95. The predicted octanol–water partition coefficient (Wildman–Crippen LogP) is 3.66. The summed E-state index contributed by atoms with van der Waals surface area (Å²) in [4.78, 5) is 14.5. The third kappa shape index (κ3) is 6.52. The Hall–Kier alpha value is -0.680. The second kappa shape index (κ2) is 11.1. The second-order valence-corrected chi connectivity index (χ2v) is 7.11. The molecule has 0 spiro atoms. The van der Waals surface area contributed by atoms with E-state index >= 15 is 0 Å². The summed E-state index contributed by atoms with van der Waals surface area (Å²) >= 11 is 6.30. The first-order chi connectivity index (χ1) is 11.2. The number of carbonyl (C=O) groups excluding carboxylic acids is 1. The Morgan fingerprint density at radius 2 is 2.08 bits per heavy atom. The van der Waals surface area contributed by atoms with Crippen molar-refractivity contribution in [1.29, 1.82) is 0 Å². The molecule has 2 aliphatic rings. The lowest BCUT2D eigenvalue weighted by atomic mass is 10.0. The lowest BCUT2D eigenvalue weighted by molar-refractivity contribution is -0.122. The predicted molar refractivity (Wildman–Crippen MR) is 110 cm³/mol. The van der Waals surface area contributed by atoms with Gasteiger partial charge in [-0.3, -0.25) is 4.79 Å². The van der Waals surface area contributed by atoms with Crippen molar-refractivity contribution in [2.75, 3.05) is 31.1 Å². The van der Waals surface area contributed by atoms with Crippen LogP contribution in [0.15, 0.2) is 24.3 Å². The summed E-state index contributed by atoms with van der Waals surface area (Å²) in [6.45, 7) is 4.02. The molecule has 0 aromatic heterocycles. The van der Waals surface area contributed by atoms with E-state index in [9.17, 15) is 4.79 Å². The quantitative estimate of drug-likeness (QED) is 0.781. The number of rotatable bonds is 5. The number of hydrogen-bond donors (Lipinski definition) is 2. The number of hydrogen-bond acceptors (Lipinski definition) is 3. The van der Waals surface area contributed by atoms with Gasteiger partial charge in [-0.1, -0.05) is 23.7 Å². The maximum Gasteiger partial charge on any atom is 0.220 e. The van der Waals surface area contributed by atoms with Crippen molar-refractivity contribution in [3.8, 4) is 0 Å². The fourth-order valence-electron chi connectivity index (χ4n) is 3.62. The summed E-state index contributed by atoms with van der Waals surface area (Å²) in [6, 6.07) is 8.18. The van der Waals surface area contributed by atoms with E-state index in [0.29, 0.717) is 12.3 Å². The Morgan fingerprint density at radius 3 is 2.80 bits per heavy atom. The molecule has 0 aliphatic carbocycles. The molecule has 2 aliphatic heterocycles. The first-order valence-corrected chi connectivity index (χ1v) is 9.10. The van der Waals surface area contributed by atoms with Crippen LogP contribution in [-0.4, -0.2) is 38.1 Å². The van der Waals surface area contributed by atoms with E-state index in [0.717, 1.165) is 56.2 Å². The number of para-hydroxylation sites is 1. The molecule has 0 bridgehead atoms. The smallest absolute Gasteiger partial charge is 0.220 e. The summed E-state index contributed by atoms with van der Waals surface area (Å²) in [6.07, 6.45) is 4.99. The molecule has 4 nitrogen and oxygen atoms in total. The molecule has 2 unspecified atom stereocenters. The number of anilines is 1. The molecule has 2 N–H and O–H groups in total. The highest BCUT2D eigenvalue weighted by Crippen LogP contribution is 2.27. The molecule has 1 amide bonds. The number of halogens is 3. The van der Waals surface area contributed by atoms with Crippen LogP contribution in [0, 0.1) is 5.92 Å². The Balaban J connectivity index is 0.00000156. The monoisotopic (exact) mass is 407 g/mol. The fraction of sp³-hybridized carbons (Fsp3) is 0.611. The maximum absolute atomic E-state index is 12.2. The van der Waals surface area contributed by atoms with Crippen LogP contribution in [0.25, 0.3) is 0 Å². The highest BCUT2D eigenvalue weighted by molar-refractivity contribution is 6.33. The molecule has 0 saturated carbocycles. The van der Waals surface area contributed by atoms with Gasteiger partial charge in [-0.2, -0.15) is 0 Å². The summed E-state index contributed by atoms with van der Waals surface area (Å²) < 4.78 is 0. The van der Waals surface area contributed by atoms with E-state index in [-0.39, 0.29) is 36.8 Å². The molecule has 1 aromatic carbocycles. The van der Waals surface area contributed by atoms with Gasteiger partial charge in [0.15, 0.2) is 0 Å². The van der Waals surface area contributed by atoms with E-state index in [4.69, 9.17) is 11.6 Å². The van der Waals surface area contributed by atoms with Crippen LogP contribution in [0.5, 0.6) is 0 Å². The van der Waals surface area contributed by atoms with Gasteiger partial charge in [-0.25, -0.2) is 0 Å². The maximum atomic E-state index is 12.2. The topological polar surface area (TPSA) is 44.4 Å². The molecule has 2 fully saturated rings. The van der Waals surface area contributed by atoms with Gasteiger partial charge >= 0.3 is 0 Å². The Morgan fingerprint density at radius 1 is 1.28 bits per heavy atom. The highest BCUT2D eigenvalue weighted by Gasteiger charge is 2.23. The van der Waals surface area contributed by atoms with Crippen molar-refractivity contribution in [2.45, 2.75) is 38.1 Å². The Bertz CT molecular complexity index is 538. The number of piperidine rings is 1. The summed E-state index contributed by atoms with van der Waals surface area (Å²) in [7, 11) is 0. The van der Waals surface area contributed by atoms with E-state index < -0.39 is 0 Å². The van der Waals surface area contributed by atoms with Crippen molar-refractivity contribution < 1.29 is 4.79 Å². The van der Waals surface area contributed by atoms with Gasteiger partial charge in [0.2, 0.25) is 5.91 Å². The summed E-state index contributed by atoms with van der Waals surface area (Å²) in [5.41, 5.74) is 1.07. The van der Waals surface area contributed by atoms with Crippen molar-refractivity contribution in [3.63, 3.8) is 0 Å². The molecule has 0 radical (unpaired) electrons. The average molecular weight is 409 g/mol. The molecule has 2 atom stereocenters. The highest BCUT2D eigenvalue weighted by atomic mass is 35.5. The molecule has 142 valence electrons. The molecular formula is C18H28Cl3N3O. The van der Waals surface area contributed by atoms with Crippen LogP contribution in [0.4, 0.5) is 5.69 Å². The molecule has 25 heavy (non-hydrogen) atoms. The number of amides is 1. The minimum atomic E-state index is 0. The van der Waals surface area contributed by atoms with Crippen molar-refractivity contribution >= 4 is 48.0 Å². The van der Waals surface area contributed by atoms with E-state index in [1.54, 1.807) is 0 Å².